The Bertz CT molecular complexity index is 905. The van der Waals surface area contributed by atoms with Crippen LogP contribution in [0.25, 0.3) is 0 Å². The molecular weight excluding hydrogens is 432 g/mol. The zero-order chi connectivity index (χ0) is 21.1. The fourth-order valence-electron chi connectivity index (χ4n) is 4.09. The van der Waals surface area contributed by atoms with E-state index in [0.717, 1.165) is 54.3 Å². The van der Waals surface area contributed by atoms with Gasteiger partial charge in [0.25, 0.3) is 0 Å². The van der Waals surface area contributed by atoms with Crippen molar-refractivity contribution in [2.45, 2.75) is 79.1 Å². The van der Waals surface area contributed by atoms with Crippen LogP contribution < -0.4 is 9.47 Å². The summed E-state index contributed by atoms with van der Waals surface area (Å²) in [6, 6.07) is 1.97. The SMILES string of the molecule is CCCc1c(Br)cc2c(c1CCC)Oc1c(CCC)c(O)c(O)c(CCC)c1O2. The Balaban J connectivity index is 2.25. The summed E-state index contributed by atoms with van der Waals surface area (Å²) in [5.41, 5.74) is 3.65. The lowest BCUT2D eigenvalue weighted by Gasteiger charge is -2.29. The van der Waals surface area contributed by atoms with Crippen molar-refractivity contribution in [1.82, 2.24) is 0 Å². The van der Waals surface area contributed by atoms with Crippen molar-refractivity contribution >= 4 is 15.9 Å². The van der Waals surface area contributed by atoms with Crippen LogP contribution in [0, 0.1) is 0 Å². The van der Waals surface area contributed by atoms with Crippen LogP contribution in [0.1, 0.15) is 75.6 Å². The molecule has 3 rings (SSSR count). The molecule has 5 heteroatoms. The molecule has 0 fully saturated rings. The summed E-state index contributed by atoms with van der Waals surface area (Å²) in [5, 5.41) is 21.4. The van der Waals surface area contributed by atoms with E-state index in [1.54, 1.807) is 0 Å². The number of fused-ring (bicyclic) bond motifs is 2. The molecule has 0 aliphatic carbocycles. The molecule has 0 radical (unpaired) electrons. The second-order valence-electron chi connectivity index (χ2n) is 7.66. The average molecular weight is 463 g/mol. The number of hydrogen-bond donors (Lipinski definition) is 2. The topological polar surface area (TPSA) is 58.9 Å². The van der Waals surface area contributed by atoms with Crippen molar-refractivity contribution < 1.29 is 19.7 Å². The summed E-state index contributed by atoms with van der Waals surface area (Å²) in [4.78, 5) is 0. The Hall–Kier alpha value is -1.88. The lowest BCUT2D eigenvalue weighted by Crippen LogP contribution is -2.10. The van der Waals surface area contributed by atoms with Crippen LogP contribution in [0.4, 0.5) is 0 Å². The van der Waals surface area contributed by atoms with Crippen LogP contribution in [0.2, 0.25) is 0 Å². The Labute approximate surface area is 182 Å². The minimum atomic E-state index is -0.0865. The van der Waals surface area contributed by atoms with E-state index in [1.165, 1.54) is 5.56 Å². The molecule has 1 aliphatic rings. The van der Waals surface area contributed by atoms with E-state index < -0.39 is 0 Å². The lowest BCUT2D eigenvalue weighted by atomic mass is 9.95. The molecule has 2 aromatic carbocycles. The van der Waals surface area contributed by atoms with Gasteiger partial charge in [0.15, 0.2) is 34.5 Å². The Kier molecular flexibility index (Phi) is 6.99. The number of rotatable bonds is 8. The molecule has 0 amide bonds. The summed E-state index contributed by atoms with van der Waals surface area (Å²) < 4.78 is 13.9. The molecule has 0 spiro atoms. The fourth-order valence-corrected chi connectivity index (χ4v) is 4.73. The molecule has 158 valence electrons. The van der Waals surface area contributed by atoms with Gasteiger partial charge in [-0.3, -0.25) is 0 Å². The third-order valence-corrected chi connectivity index (χ3v) is 6.08. The molecule has 2 N–H and O–H groups in total. The summed E-state index contributed by atoms with van der Waals surface area (Å²) in [6.45, 7) is 8.41. The second-order valence-corrected chi connectivity index (χ2v) is 8.51. The molecule has 0 saturated carbocycles. The number of benzene rings is 2. The van der Waals surface area contributed by atoms with E-state index in [2.05, 4.69) is 29.8 Å². The Morgan fingerprint density at radius 2 is 1.10 bits per heavy atom. The molecule has 1 aliphatic heterocycles. The van der Waals surface area contributed by atoms with Crippen molar-refractivity contribution in [3.8, 4) is 34.5 Å². The highest BCUT2D eigenvalue weighted by Crippen LogP contribution is 2.57. The van der Waals surface area contributed by atoms with Gasteiger partial charge < -0.3 is 19.7 Å². The van der Waals surface area contributed by atoms with Gasteiger partial charge in [-0.1, -0.05) is 69.3 Å². The van der Waals surface area contributed by atoms with E-state index in [1.807, 2.05) is 19.9 Å². The zero-order valence-electron chi connectivity index (χ0n) is 17.8. The van der Waals surface area contributed by atoms with Crippen molar-refractivity contribution in [2.24, 2.45) is 0 Å². The minimum Gasteiger partial charge on any atom is -0.504 e. The zero-order valence-corrected chi connectivity index (χ0v) is 19.4. The molecule has 2 aromatic rings. The number of aromatic hydroxyl groups is 2. The average Bonchev–Trinajstić information content (AvgIpc) is 2.70. The molecule has 0 saturated heterocycles. The van der Waals surface area contributed by atoms with Gasteiger partial charge in [0.1, 0.15) is 0 Å². The van der Waals surface area contributed by atoms with Gasteiger partial charge in [-0.2, -0.15) is 0 Å². The predicted molar refractivity (Wildman–Crippen MR) is 120 cm³/mol. The number of hydrogen-bond acceptors (Lipinski definition) is 4. The highest BCUT2D eigenvalue weighted by molar-refractivity contribution is 9.10. The predicted octanol–water partition coefficient (Wildman–Crippen LogP) is 7.57. The number of phenols is 2. The van der Waals surface area contributed by atoms with Crippen LogP contribution in [0.3, 0.4) is 0 Å². The molecule has 0 bridgehead atoms. The van der Waals surface area contributed by atoms with Gasteiger partial charge in [-0.15, -0.1) is 0 Å². The van der Waals surface area contributed by atoms with Gasteiger partial charge in [-0.25, -0.2) is 0 Å². The number of halogens is 1. The first-order valence-electron chi connectivity index (χ1n) is 10.8. The van der Waals surface area contributed by atoms with Crippen LogP contribution in [-0.4, -0.2) is 10.2 Å². The summed E-state index contributed by atoms with van der Waals surface area (Å²) in [5.74, 6) is 2.34. The van der Waals surface area contributed by atoms with Gasteiger partial charge in [0.05, 0.1) is 0 Å². The van der Waals surface area contributed by atoms with Crippen molar-refractivity contribution in [1.29, 1.82) is 0 Å². The van der Waals surface area contributed by atoms with Crippen LogP contribution in [-0.2, 0) is 25.7 Å². The van der Waals surface area contributed by atoms with E-state index in [9.17, 15) is 10.2 Å². The number of phenolic OH excluding ortho intramolecular Hbond substituents is 2. The summed E-state index contributed by atoms with van der Waals surface area (Å²) in [7, 11) is 0. The Morgan fingerprint density at radius 3 is 1.62 bits per heavy atom. The minimum absolute atomic E-state index is 0.0796. The van der Waals surface area contributed by atoms with Gasteiger partial charge >= 0.3 is 0 Å². The molecular formula is C24H31BrO4. The van der Waals surface area contributed by atoms with Crippen LogP contribution in [0.15, 0.2) is 10.5 Å². The van der Waals surface area contributed by atoms with Crippen LogP contribution in [0.5, 0.6) is 34.5 Å². The molecule has 0 aromatic heterocycles. The Morgan fingerprint density at radius 1 is 0.655 bits per heavy atom. The first-order chi connectivity index (χ1) is 14.0. The maximum absolute atomic E-state index is 10.7. The third-order valence-electron chi connectivity index (χ3n) is 5.37. The molecule has 1 heterocycles. The maximum atomic E-state index is 10.7. The van der Waals surface area contributed by atoms with Crippen molar-refractivity contribution in [2.75, 3.05) is 0 Å². The molecule has 0 unspecified atom stereocenters. The molecule has 4 nitrogen and oxygen atoms in total. The van der Waals surface area contributed by atoms with Crippen LogP contribution >= 0.6 is 15.9 Å². The van der Waals surface area contributed by atoms with Crippen molar-refractivity contribution in [3.05, 3.63) is 32.8 Å². The van der Waals surface area contributed by atoms with E-state index in [-0.39, 0.29) is 11.5 Å². The summed E-state index contributed by atoms with van der Waals surface area (Å²) >= 11 is 3.73. The fraction of sp³-hybridized carbons (Fsp3) is 0.500. The quantitative estimate of drug-likeness (QED) is 0.338. The highest BCUT2D eigenvalue weighted by atomic mass is 79.9. The highest BCUT2D eigenvalue weighted by Gasteiger charge is 2.32. The second kappa shape index (κ2) is 9.29. The monoisotopic (exact) mass is 462 g/mol. The summed E-state index contributed by atoms with van der Waals surface area (Å²) in [6.07, 6.45) is 6.75. The first kappa shape index (κ1) is 21.8. The molecule has 0 atom stereocenters. The van der Waals surface area contributed by atoms with Crippen molar-refractivity contribution in [3.63, 3.8) is 0 Å². The standard InChI is InChI=1S/C24H31BrO4/c1-5-9-14-15(10-6-2)22-19(13-18(14)25)28-23-16(11-7-3)20(26)21(27)17(12-8-4)24(23)29-22/h13,26-27H,5-12H2,1-4H3. The van der Waals surface area contributed by atoms with Gasteiger partial charge in [0.2, 0.25) is 0 Å². The first-order valence-corrected chi connectivity index (χ1v) is 11.6. The normalized spacial score (nSPS) is 12.2. The molecule has 29 heavy (non-hydrogen) atoms. The maximum Gasteiger partial charge on any atom is 0.177 e. The third kappa shape index (κ3) is 3.94. The lowest BCUT2D eigenvalue weighted by molar-refractivity contribution is 0.331. The van der Waals surface area contributed by atoms with E-state index >= 15 is 0 Å². The van der Waals surface area contributed by atoms with E-state index in [0.29, 0.717) is 41.2 Å². The number of ether oxygens (including phenoxy) is 2. The largest absolute Gasteiger partial charge is 0.504 e. The smallest absolute Gasteiger partial charge is 0.177 e. The van der Waals surface area contributed by atoms with Gasteiger partial charge in [0, 0.05) is 21.2 Å². The van der Waals surface area contributed by atoms with E-state index in [4.69, 9.17) is 9.47 Å². The van der Waals surface area contributed by atoms with Gasteiger partial charge in [-0.05, 0) is 37.3 Å².